The van der Waals surface area contributed by atoms with Crippen LogP contribution >= 0.6 is 11.6 Å². The molecule has 0 aliphatic rings. The Hall–Kier alpha value is -0.240. The van der Waals surface area contributed by atoms with Gasteiger partial charge in [-0.15, -0.1) is 11.6 Å². The summed E-state index contributed by atoms with van der Waals surface area (Å²) in [5, 5.41) is 8.45. The van der Waals surface area contributed by atoms with E-state index in [1.54, 1.807) is 6.92 Å². The summed E-state index contributed by atoms with van der Waals surface area (Å²) >= 11 is 5.42. The molecular weight excluding hydrogens is 152 g/mol. The maximum atomic E-state index is 10.3. The van der Waals surface area contributed by atoms with E-state index in [4.69, 9.17) is 16.7 Å². The van der Waals surface area contributed by atoms with Crippen LogP contribution in [0, 0.1) is 5.92 Å². The molecule has 0 amide bonds. The van der Waals surface area contributed by atoms with Crippen molar-refractivity contribution in [1.82, 2.24) is 0 Å². The molecule has 0 aromatic heterocycles. The van der Waals surface area contributed by atoms with Gasteiger partial charge in [0.2, 0.25) is 0 Å². The van der Waals surface area contributed by atoms with Crippen LogP contribution in [0.5, 0.6) is 0 Å². The Morgan fingerprint density at radius 2 is 2.20 bits per heavy atom. The van der Waals surface area contributed by atoms with Gasteiger partial charge in [-0.05, 0) is 12.8 Å². The largest absolute Gasteiger partial charge is 0.481 e. The molecule has 0 aromatic carbocycles. The quantitative estimate of drug-likeness (QED) is 0.499. The summed E-state index contributed by atoms with van der Waals surface area (Å²) in [6, 6.07) is 0. The van der Waals surface area contributed by atoms with Crippen molar-refractivity contribution in [3.63, 3.8) is 0 Å². The van der Waals surface area contributed by atoms with Gasteiger partial charge in [-0.1, -0.05) is 13.3 Å². The van der Waals surface area contributed by atoms with Crippen LogP contribution in [0.2, 0.25) is 0 Å². The highest BCUT2D eigenvalue weighted by atomic mass is 35.5. The molecule has 0 saturated heterocycles. The van der Waals surface area contributed by atoms with Crippen LogP contribution in [-0.4, -0.2) is 17.0 Å². The molecule has 0 fully saturated rings. The van der Waals surface area contributed by atoms with Gasteiger partial charge >= 0.3 is 5.97 Å². The topological polar surface area (TPSA) is 37.3 Å². The molecule has 0 aliphatic heterocycles. The highest BCUT2D eigenvalue weighted by Crippen LogP contribution is 2.07. The van der Waals surface area contributed by atoms with Crippen molar-refractivity contribution in [3.05, 3.63) is 0 Å². The van der Waals surface area contributed by atoms with Crippen LogP contribution in [0.25, 0.3) is 0 Å². The zero-order valence-corrected chi connectivity index (χ0v) is 6.90. The molecule has 0 bridgehead atoms. The van der Waals surface area contributed by atoms with Crippen molar-refractivity contribution < 1.29 is 9.90 Å². The maximum Gasteiger partial charge on any atom is 0.306 e. The first kappa shape index (κ1) is 9.76. The van der Waals surface area contributed by atoms with E-state index in [1.165, 1.54) is 0 Å². The highest BCUT2D eigenvalue weighted by Gasteiger charge is 2.08. The van der Waals surface area contributed by atoms with Crippen LogP contribution in [0.15, 0.2) is 0 Å². The van der Waals surface area contributed by atoms with Crippen molar-refractivity contribution in [2.24, 2.45) is 5.92 Å². The smallest absolute Gasteiger partial charge is 0.306 e. The summed E-state index contributed by atoms with van der Waals surface area (Å²) in [5.41, 5.74) is 0. The van der Waals surface area contributed by atoms with E-state index in [9.17, 15) is 4.79 Å². The van der Waals surface area contributed by atoms with E-state index in [2.05, 4.69) is 0 Å². The zero-order chi connectivity index (χ0) is 7.98. The normalized spacial score (nSPS) is 13.0. The summed E-state index contributed by atoms with van der Waals surface area (Å²) in [4.78, 5) is 10.3. The first-order chi connectivity index (χ1) is 4.68. The molecule has 1 atom stereocenters. The first-order valence-corrected chi connectivity index (χ1v) is 4.00. The molecule has 0 heterocycles. The predicted molar refractivity (Wildman–Crippen MR) is 41.4 cm³/mol. The lowest BCUT2D eigenvalue weighted by Gasteiger charge is -2.02. The van der Waals surface area contributed by atoms with Crippen LogP contribution in [-0.2, 0) is 4.79 Å². The fourth-order valence-corrected chi connectivity index (χ4v) is 0.857. The summed E-state index contributed by atoms with van der Waals surface area (Å²) in [6.07, 6.45) is 2.57. The Labute approximate surface area is 66.2 Å². The standard InChI is InChI=1S/C7H13ClO2/c1-6(7(9)10)4-2-3-5-8/h6H,2-5H2,1H3,(H,9,10). The van der Waals surface area contributed by atoms with Gasteiger partial charge in [0.15, 0.2) is 0 Å². The Kier molecular flexibility index (Phi) is 5.40. The lowest BCUT2D eigenvalue weighted by atomic mass is 10.1. The lowest BCUT2D eigenvalue weighted by Crippen LogP contribution is -2.08. The lowest BCUT2D eigenvalue weighted by molar-refractivity contribution is -0.141. The van der Waals surface area contributed by atoms with Crippen LogP contribution in [0.4, 0.5) is 0 Å². The van der Waals surface area contributed by atoms with E-state index in [-0.39, 0.29) is 5.92 Å². The van der Waals surface area contributed by atoms with E-state index >= 15 is 0 Å². The van der Waals surface area contributed by atoms with Gasteiger partial charge in [-0.2, -0.15) is 0 Å². The molecule has 0 aromatic rings. The summed E-state index contributed by atoms with van der Waals surface area (Å²) in [5.74, 6) is -0.301. The molecule has 3 heteroatoms. The SMILES string of the molecule is CC(CCCCCl)C(=O)O. The Bertz CT molecular complexity index is 104. The van der Waals surface area contributed by atoms with Crippen LogP contribution in [0.1, 0.15) is 26.2 Å². The number of carboxylic acids is 1. The summed E-state index contributed by atoms with van der Waals surface area (Å²) in [7, 11) is 0. The average Bonchev–Trinajstić information content (AvgIpc) is 1.88. The number of unbranched alkanes of at least 4 members (excludes halogenated alkanes) is 1. The summed E-state index contributed by atoms with van der Waals surface area (Å²) in [6.45, 7) is 1.72. The van der Waals surface area contributed by atoms with Crippen molar-refractivity contribution in [2.45, 2.75) is 26.2 Å². The van der Waals surface area contributed by atoms with Gasteiger partial charge in [0, 0.05) is 5.88 Å². The average molecular weight is 165 g/mol. The predicted octanol–water partition coefficient (Wildman–Crippen LogP) is 2.12. The number of carboxylic acid groups (broad SMARTS) is 1. The number of rotatable bonds is 5. The molecule has 60 valence electrons. The Morgan fingerprint density at radius 3 is 2.60 bits per heavy atom. The fourth-order valence-electron chi connectivity index (χ4n) is 0.668. The van der Waals surface area contributed by atoms with Crippen molar-refractivity contribution in [3.8, 4) is 0 Å². The number of alkyl halides is 1. The third kappa shape index (κ3) is 4.62. The molecule has 0 rings (SSSR count). The number of hydrogen-bond acceptors (Lipinski definition) is 1. The third-order valence-corrected chi connectivity index (χ3v) is 1.71. The van der Waals surface area contributed by atoms with Gasteiger partial charge in [-0.3, -0.25) is 4.79 Å². The minimum absolute atomic E-state index is 0.219. The van der Waals surface area contributed by atoms with Gasteiger partial charge in [0.25, 0.3) is 0 Å². The fraction of sp³-hybridized carbons (Fsp3) is 0.857. The van der Waals surface area contributed by atoms with E-state index in [0.29, 0.717) is 5.88 Å². The molecule has 1 N–H and O–H groups in total. The van der Waals surface area contributed by atoms with Gasteiger partial charge in [0.05, 0.1) is 5.92 Å². The van der Waals surface area contributed by atoms with Gasteiger partial charge < -0.3 is 5.11 Å². The molecule has 0 radical (unpaired) electrons. The second-order valence-electron chi connectivity index (χ2n) is 2.42. The van der Waals surface area contributed by atoms with E-state index in [0.717, 1.165) is 19.3 Å². The highest BCUT2D eigenvalue weighted by molar-refractivity contribution is 6.17. The van der Waals surface area contributed by atoms with E-state index in [1.807, 2.05) is 0 Å². The van der Waals surface area contributed by atoms with E-state index < -0.39 is 5.97 Å². The molecule has 2 nitrogen and oxygen atoms in total. The minimum Gasteiger partial charge on any atom is -0.481 e. The van der Waals surface area contributed by atoms with Gasteiger partial charge in [-0.25, -0.2) is 0 Å². The molecule has 0 saturated carbocycles. The third-order valence-electron chi connectivity index (χ3n) is 1.44. The van der Waals surface area contributed by atoms with Crippen molar-refractivity contribution in [2.75, 3.05) is 5.88 Å². The van der Waals surface area contributed by atoms with Crippen LogP contribution < -0.4 is 0 Å². The second-order valence-corrected chi connectivity index (χ2v) is 2.80. The number of carbonyl (C=O) groups is 1. The van der Waals surface area contributed by atoms with Crippen molar-refractivity contribution >= 4 is 17.6 Å². The second kappa shape index (κ2) is 5.54. The molecule has 0 aliphatic carbocycles. The Balaban J connectivity index is 3.21. The minimum atomic E-state index is -0.713. The maximum absolute atomic E-state index is 10.3. The molecule has 10 heavy (non-hydrogen) atoms. The number of halogens is 1. The van der Waals surface area contributed by atoms with Gasteiger partial charge in [0.1, 0.15) is 0 Å². The monoisotopic (exact) mass is 164 g/mol. The Morgan fingerprint density at radius 1 is 1.60 bits per heavy atom. The molecule has 1 unspecified atom stereocenters. The first-order valence-electron chi connectivity index (χ1n) is 3.47. The molecule has 0 spiro atoms. The number of aliphatic carboxylic acids is 1. The molecular formula is C7H13ClO2. The number of hydrogen-bond donors (Lipinski definition) is 1. The zero-order valence-electron chi connectivity index (χ0n) is 6.14. The summed E-state index contributed by atoms with van der Waals surface area (Å²) < 4.78 is 0. The van der Waals surface area contributed by atoms with Crippen LogP contribution in [0.3, 0.4) is 0 Å². The van der Waals surface area contributed by atoms with Crippen molar-refractivity contribution in [1.29, 1.82) is 0 Å².